The minimum absolute atomic E-state index is 0.0778. The first-order chi connectivity index (χ1) is 9.29. The van der Waals surface area contributed by atoms with Crippen molar-refractivity contribution in [1.29, 1.82) is 0 Å². The molecule has 1 aromatic rings. The van der Waals surface area contributed by atoms with Crippen LogP contribution in [0.3, 0.4) is 0 Å². The van der Waals surface area contributed by atoms with Gasteiger partial charge in [-0.05, 0) is 37.0 Å². The number of nitrogens with zero attached hydrogens (tertiary/aromatic N) is 1. The summed E-state index contributed by atoms with van der Waals surface area (Å²) in [6, 6.07) is 3.22. The van der Waals surface area contributed by atoms with Gasteiger partial charge in [-0.15, -0.1) is 0 Å². The van der Waals surface area contributed by atoms with Gasteiger partial charge in [-0.1, -0.05) is 6.92 Å². The fourth-order valence-corrected chi connectivity index (χ4v) is 2.58. The van der Waals surface area contributed by atoms with Crippen LogP contribution in [0, 0.1) is 5.92 Å². The number of hydrogen-bond acceptors (Lipinski definition) is 2. The first-order valence-corrected chi connectivity index (χ1v) is 6.48. The third-order valence-corrected chi connectivity index (χ3v) is 3.55. The van der Waals surface area contributed by atoms with Crippen LogP contribution in [0.15, 0.2) is 18.2 Å². The Morgan fingerprint density at radius 3 is 2.65 bits per heavy atom. The lowest BCUT2D eigenvalue weighted by atomic mass is 9.98. The van der Waals surface area contributed by atoms with Crippen molar-refractivity contribution in [1.82, 2.24) is 0 Å². The van der Waals surface area contributed by atoms with Gasteiger partial charge in [-0.3, -0.25) is 0 Å². The van der Waals surface area contributed by atoms with Crippen LogP contribution in [0.1, 0.15) is 35.7 Å². The number of benzene rings is 1. The van der Waals surface area contributed by atoms with E-state index in [4.69, 9.17) is 5.11 Å². The highest BCUT2D eigenvalue weighted by Gasteiger charge is 2.36. The highest BCUT2D eigenvalue weighted by molar-refractivity contribution is 5.88. The predicted molar refractivity (Wildman–Crippen MR) is 69.0 cm³/mol. The third-order valence-electron chi connectivity index (χ3n) is 3.55. The van der Waals surface area contributed by atoms with Crippen molar-refractivity contribution in [2.45, 2.75) is 25.9 Å². The minimum atomic E-state index is -4.55. The second kappa shape index (κ2) is 5.34. The quantitative estimate of drug-likeness (QED) is 0.902. The summed E-state index contributed by atoms with van der Waals surface area (Å²) in [7, 11) is 0. The number of carboxylic acids is 1. The first-order valence-electron chi connectivity index (χ1n) is 6.48. The Kier molecular flexibility index (Phi) is 3.92. The zero-order valence-electron chi connectivity index (χ0n) is 11.1. The van der Waals surface area contributed by atoms with Gasteiger partial charge >= 0.3 is 12.1 Å². The molecule has 1 fully saturated rings. The molecule has 0 bridgehead atoms. The molecule has 2 rings (SSSR count). The highest BCUT2D eigenvalue weighted by Crippen LogP contribution is 2.38. The maximum atomic E-state index is 13.1. The van der Waals surface area contributed by atoms with Crippen LogP contribution in [0.2, 0.25) is 0 Å². The first kappa shape index (κ1) is 14.7. The molecule has 0 radical (unpaired) electrons. The molecule has 1 atom stereocenters. The van der Waals surface area contributed by atoms with Gasteiger partial charge in [0.15, 0.2) is 0 Å². The standard InChI is InChI=1S/C14H16F3NO2/c1-9-3-2-6-18(8-9)12-5-4-10(13(19)20)7-11(12)14(15,16)17/h4-5,7,9H,2-3,6,8H2,1H3,(H,19,20). The largest absolute Gasteiger partial charge is 0.478 e. The molecular weight excluding hydrogens is 271 g/mol. The Hall–Kier alpha value is -1.72. The second-order valence-corrected chi connectivity index (χ2v) is 5.23. The van der Waals surface area contributed by atoms with E-state index in [0.717, 1.165) is 18.9 Å². The third kappa shape index (κ3) is 3.05. The lowest BCUT2D eigenvalue weighted by molar-refractivity contribution is -0.137. The van der Waals surface area contributed by atoms with Crippen LogP contribution in [0.25, 0.3) is 0 Å². The van der Waals surface area contributed by atoms with Crippen molar-refractivity contribution in [3.8, 4) is 0 Å². The molecule has 110 valence electrons. The van der Waals surface area contributed by atoms with Crippen LogP contribution in [0.5, 0.6) is 0 Å². The number of carboxylic acid groups (broad SMARTS) is 1. The van der Waals surface area contributed by atoms with E-state index in [1.165, 1.54) is 12.1 Å². The van der Waals surface area contributed by atoms with E-state index in [-0.39, 0.29) is 11.3 Å². The van der Waals surface area contributed by atoms with Gasteiger partial charge in [0, 0.05) is 18.8 Å². The van der Waals surface area contributed by atoms with Gasteiger partial charge in [-0.25, -0.2) is 4.79 Å². The number of aromatic carboxylic acids is 1. The van der Waals surface area contributed by atoms with E-state index >= 15 is 0 Å². The summed E-state index contributed by atoms with van der Waals surface area (Å²) < 4.78 is 39.4. The fourth-order valence-electron chi connectivity index (χ4n) is 2.58. The van der Waals surface area contributed by atoms with E-state index in [2.05, 4.69) is 0 Å². The normalized spacial score (nSPS) is 20.0. The number of hydrogen-bond donors (Lipinski definition) is 1. The van der Waals surface area contributed by atoms with E-state index in [1.54, 1.807) is 4.90 Å². The fraction of sp³-hybridized carbons (Fsp3) is 0.500. The summed E-state index contributed by atoms with van der Waals surface area (Å²) >= 11 is 0. The molecule has 0 spiro atoms. The molecule has 1 heterocycles. The van der Waals surface area contributed by atoms with Gasteiger partial charge < -0.3 is 10.0 Å². The second-order valence-electron chi connectivity index (χ2n) is 5.23. The zero-order chi connectivity index (χ0) is 14.9. The average molecular weight is 287 g/mol. The summed E-state index contributed by atoms with van der Waals surface area (Å²) in [5.41, 5.74) is -1.13. The molecule has 0 aliphatic carbocycles. The molecule has 1 N–H and O–H groups in total. The molecule has 0 aromatic heterocycles. The van der Waals surface area contributed by atoms with Crippen molar-refractivity contribution in [3.63, 3.8) is 0 Å². The van der Waals surface area contributed by atoms with Gasteiger partial charge in [0.1, 0.15) is 0 Å². The predicted octanol–water partition coefficient (Wildman–Crippen LogP) is 3.64. The Morgan fingerprint density at radius 2 is 2.10 bits per heavy atom. The average Bonchev–Trinajstić information content (AvgIpc) is 2.37. The lowest BCUT2D eigenvalue weighted by Gasteiger charge is -2.34. The summed E-state index contributed by atoms with van der Waals surface area (Å²) in [5, 5.41) is 8.84. The van der Waals surface area contributed by atoms with E-state index in [1.807, 2.05) is 6.92 Å². The zero-order valence-corrected chi connectivity index (χ0v) is 11.1. The van der Waals surface area contributed by atoms with Gasteiger partial charge in [-0.2, -0.15) is 13.2 Å². The number of anilines is 1. The summed E-state index contributed by atoms with van der Waals surface area (Å²) in [6.07, 6.45) is -2.70. The van der Waals surface area contributed by atoms with Crippen molar-refractivity contribution in [3.05, 3.63) is 29.3 Å². The number of alkyl halides is 3. The topological polar surface area (TPSA) is 40.5 Å². The van der Waals surface area contributed by atoms with E-state index in [0.29, 0.717) is 19.0 Å². The van der Waals surface area contributed by atoms with Crippen molar-refractivity contribution < 1.29 is 23.1 Å². The van der Waals surface area contributed by atoms with Crippen LogP contribution < -0.4 is 4.90 Å². The molecule has 0 saturated carbocycles. The monoisotopic (exact) mass is 287 g/mol. The number of halogens is 3. The molecule has 1 unspecified atom stereocenters. The number of rotatable bonds is 2. The van der Waals surface area contributed by atoms with Crippen molar-refractivity contribution in [2.75, 3.05) is 18.0 Å². The van der Waals surface area contributed by atoms with Gasteiger partial charge in [0.2, 0.25) is 0 Å². The molecule has 1 aromatic carbocycles. The van der Waals surface area contributed by atoms with Gasteiger partial charge in [0.05, 0.1) is 11.1 Å². The summed E-state index contributed by atoms with van der Waals surface area (Å²) in [4.78, 5) is 12.5. The van der Waals surface area contributed by atoms with Crippen molar-refractivity contribution in [2.24, 2.45) is 5.92 Å². The maximum absolute atomic E-state index is 13.1. The molecule has 1 saturated heterocycles. The van der Waals surface area contributed by atoms with Crippen molar-refractivity contribution >= 4 is 11.7 Å². The Bertz CT molecular complexity index is 514. The number of carbonyl (C=O) groups is 1. The smallest absolute Gasteiger partial charge is 0.418 e. The SMILES string of the molecule is CC1CCCN(c2ccc(C(=O)O)cc2C(F)(F)F)C1. The Balaban J connectivity index is 2.43. The number of piperidine rings is 1. The molecular formula is C14H16F3NO2. The van der Waals surface area contributed by atoms with Gasteiger partial charge in [0.25, 0.3) is 0 Å². The van der Waals surface area contributed by atoms with E-state index < -0.39 is 17.7 Å². The van der Waals surface area contributed by atoms with Crippen LogP contribution in [0.4, 0.5) is 18.9 Å². The maximum Gasteiger partial charge on any atom is 0.418 e. The minimum Gasteiger partial charge on any atom is -0.478 e. The molecule has 6 heteroatoms. The lowest BCUT2D eigenvalue weighted by Crippen LogP contribution is -2.35. The summed E-state index contributed by atoms with van der Waals surface area (Å²) in [6.45, 7) is 3.14. The Morgan fingerprint density at radius 1 is 1.40 bits per heavy atom. The Labute approximate surface area is 115 Å². The molecule has 20 heavy (non-hydrogen) atoms. The summed E-state index contributed by atoms with van der Waals surface area (Å²) in [5.74, 6) is -1.02. The van der Waals surface area contributed by atoms with Crippen LogP contribution in [-0.4, -0.2) is 24.2 Å². The van der Waals surface area contributed by atoms with Crippen LogP contribution >= 0.6 is 0 Å². The molecule has 0 amide bonds. The molecule has 1 aliphatic heterocycles. The molecule has 3 nitrogen and oxygen atoms in total. The highest BCUT2D eigenvalue weighted by atomic mass is 19.4. The molecule has 1 aliphatic rings. The van der Waals surface area contributed by atoms with E-state index in [9.17, 15) is 18.0 Å². The van der Waals surface area contributed by atoms with Crippen LogP contribution in [-0.2, 0) is 6.18 Å².